The van der Waals surface area contributed by atoms with Gasteiger partial charge in [-0.15, -0.1) is 0 Å². The topological polar surface area (TPSA) is 124 Å². The minimum Gasteiger partial charge on any atom is -0.425 e. The first-order chi connectivity index (χ1) is 17.3. The number of carbonyl (C=O) groups is 4. The molecule has 0 amide bonds. The first-order valence-electron chi connectivity index (χ1n) is 10.6. The Bertz CT molecular complexity index is 793. The van der Waals surface area contributed by atoms with Crippen LogP contribution in [0.1, 0.15) is 48.5 Å². The van der Waals surface area contributed by atoms with Crippen molar-refractivity contribution in [2.75, 3.05) is 0 Å². The maximum absolute atomic E-state index is 12.1. The number of alkyl halides is 9. The summed E-state index contributed by atoms with van der Waals surface area (Å²) >= 11 is 0. The van der Waals surface area contributed by atoms with Crippen molar-refractivity contribution in [2.45, 2.75) is 91.8 Å². The molecule has 0 aromatic carbocycles. The van der Waals surface area contributed by atoms with Crippen molar-refractivity contribution in [1.82, 2.24) is 0 Å². The third-order valence-corrected chi connectivity index (χ3v) is 3.57. The van der Waals surface area contributed by atoms with Crippen molar-refractivity contribution >= 4 is 24.2 Å². The Kier molecular flexibility index (Phi) is 15.0. The predicted molar refractivity (Wildman–Crippen MR) is 107 cm³/mol. The highest BCUT2D eigenvalue weighted by Crippen LogP contribution is 2.36. The summed E-state index contributed by atoms with van der Waals surface area (Å²) in [7, 11) is 0. The van der Waals surface area contributed by atoms with E-state index in [0.717, 1.165) is 6.92 Å². The predicted octanol–water partition coefficient (Wildman–Crippen LogP) is 5.81. The second-order valence-electron chi connectivity index (χ2n) is 7.94. The number of carbonyl (C=O) groups excluding carboxylic acids is 4. The van der Waals surface area contributed by atoms with Crippen molar-refractivity contribution in [2.24, 2.45) is 11.8 Å². The molecule has 0 fully saturated rings. The highest BCUT2D eigenvalue weighted by Gasteiger charge is 2.60. The Morgan fingerprint density at radius 2 is 0.769 bits per heavy atom. The van der Waals surface area contributed by atoms with Gasteiger partial charge in [0.25, 0.3) is 6.10 Å². The van der Waals surface area contributed by atoms with Gasteiger partial charge in [-0.3, -0.25) is 9.59 Å². The molecular formula is C20H27F9O10. The molecule has 0 aliphatic carbocycles. The van der Waals surface area contributed by atoms with Crippen LogP contribution in [0.4, 0.5) is 49.1 Å². The molecule has 0 N–H and O–H groups in total. The average Bonchev–Trinajstić information content (AvgIpc) is 2.69. The molecule has 0 saturated carbocycles. The maximum Gasteiger partial charge on any atom is 0.512 e. The van der Waals surface area contributed by atoms with Gasteiger partial charge in [-0.25, -0.2) is 9.59 Å². The van der Waals surface area contributed by atoms with Gasteiger partial charge in [-0.2, -0.15) is 39.5 Å². The molecule has 3 atom stereocenters. The largest absolute Gasteiger partial charge is 0.512 e. The standard InChI is InChI=1S/C10H12F6O5.C10H15F3O5/c1-4(2)6(17)19-5(3)20-8(18)21-7(9(11,12)13)10(14,15)16;1-5(2)8(14)17-7(4)18-9(15)16-6(3)10(11,12)13/h4-5,7H,1-3H3;5-7H,1-4H3/t5-;6?,7-/m01/s1. The lowest BCUT2D eigenvalue weighted by molar-refractivity contribution is -0.312. The molecule has 19 heteroatoms. The van der Waals surface area contributed by atoms with Crippen LogP contribution in [0.15, 0.2) is 0 Å². The second kappa shape index (κ2) is 15.4. The van der Waals surface area contributed by atoms with Gasteiger partial charge in [0, 0.05) is 13.8 Å². The van der Waals surface area contributed by atoms with E-state index < -0.39 is 79.4 Å². The highest BCUT2D eigenvalue weighted by molar-refractivity contribution is 5.72. The molecule has 0 rings (SSSR count). The van der Waals surface area contributed by atoms with Crippen LogP contribution in [0.3, 0.4) is 0 Å². The fourth-order valence-corrected chi connectivity index (χ4v) is 1.60. The summed E-state index contributed by atoms with van der Waals surface area (Å²) < 4.78 is 133. The number of rotatable bonds is 8. The SMILES string of the molecule is CC(C)C(=O)O[C@@H](C)OC(=O)OC(C)C(F)(F)F.CC(C)C(=O)O[C@H](C)OC(=O)OC(C(F)(F)F)C(F)(F)F. The first kappa shape index (κ1) is 38.0. The van der Waals surface area contributed by atoms with Crippen molar-refractivity contribution in [3.63, 3.8) is 0 Å². The van der Waals surface area contributed by atoms with Gasteiger partial charge in [0.05, 0.1) is 11.8 Å². The number of ether oxygens (including phenoxy) is 6. The van der Waals surface area contributed by atoms with E-state index in [0.29, 0.717) is 6.92 Å². The average molecular weight is 598 g/mol. The number of esters is 2. The smallest absolute Gasteiger partial charge is 0.425 e. The van der Waals surface area contributed by atoms with Gasteiger partial charge in [-0.05, 0) is 6.92 Å². The number of halogens is 9. The third-order valence-electron chi connectivity index (χ3n) is 3.57. The van der Waals surface area contributed by atoms with E-state index >= 15 is 0 Å². The normalized spacial score (nSPS) is 14.4. The second-order valence-corrected chi connectivity index (χ2v) is 7.94. The molecule has 0 saturated heterocycles. The van der Waals surface area contributed by atoms with E-state index in [1.807, 2.05) is 0 Å². The quantitative estimate of drug-likeness (QED) is 0.146. The van der Waals surface area contributed by atoms with E-state index in [1.54, 1.807) is 13.8 Å². The summed E-state index contributed by atoms with van der Waals surface area (Å²) in [6.07, 6.45) is -29.8. The minimum atomic E-state index is -5.85. The maximum atomic E-state index is 12.1. The summed E-state index contributed by atoms with van der Waals surface area (Å²) in [6, 6.07) is 0. The van der Waals surface area contributed by atoms with Crippen LogP contribution in [0.2, 0.25) is 0 Å². The van der Waals surface area contributed by atoms with Gasteiger partial charge < -0.3 is 28.4 Å². The molecule has 0 aliphatic rings. The summed E-state index contributed by atoms with van der Waals surface area (Å²) in [4.78, 5) is 43.9. The molecule has 39 heavy (non-hydrogen) atoms. The van der Waals surface area contributed by atoms with Crippen molar-refractivity contribution in [3.05, 3.63) is 0 Å². The van der Waals surface area contributed by atoms with Crippen molar-refractivity contribution in [3.8, 4) is 0 Å². The molecule has 0 aromatic rings. The molecule has 230 valence electrons. The van der Waals surface area contributed by atoms with Crippen LogP contribution < -0.4 is 0 Å². The lowest BCUT2D eigenvalue weighted by Crippen LogP contribution is -2.46. The zero-order chi connectivity index (χ0) is 31.5. The van der Waals surface area contributed by atoms with E-state index in [2.05, 4.69) is 28.4 Å². The van der Waals surface area contributed by atoms with E-state index in [9.17, 15) is 58.7 Å². The molecular weight excluding hydrogens is 571 g/mol. The van der Waals surface area contributed by atoms with Crippen molar-refractivity contribution < 1.29 is 87.1 Å². The van der Waals surface area contributed by atoms with Crippen LogP contribution in [0, 0.1) is 11.8 Å². The fourth-order valence-electron chi connectivity index (χ4n) is 1.60. The Labute approximate surface area is 215 Å². The Balaban J connectivity index is 0. The van der Waals surface area contributed by atoms with Crippen LogP contribution in [0.5, 0.6) is 0 Å². The van der Waals surface area contributed by atoms with Crippen LogP contribution in [-0.4, -0.2) is 67.6 Å². The monoisotopic (exact) mass is 598 g/mol. The summed E-state index contributed by atoms with van der Waals surface area (Å²) in [5.41, 5.74) is 0. The summed E-state index contributed by atoms with van der Waals surface area (Å²) in [5.74, 6) is -2.58. The Morgan fingerprint density at radius 3 is 1.03 bits per heavy atom. The van der Waals surface area contributed by atoms with Crippen LogP contribution in [-0.2, 0) is 38.0 Å². The summed E-state index contributed by atoms with van der Waals surface area (Å²) in [5, 5.41) is 0. The molecule has 10 nitrogen and oxygen atoms in total. The molecule has 0 aliphatic heterocycles. The number of hydrogen-bond acceptors (Lipinski definition) is 10. The molecule has 0 heterocycles. The minimum absolute atomic E-state index is 0.443. The Hall–Kier alpha value is -3.15. The molecule has 0 radical (unpaired) electrons. The van der Waals surface area contributed by atoms with Gasteiger partial charge in [0.15, 0.2) is 6.10 Å². The fraction of sp³-hybridized carbons (Fsp3) is 0.800. The van der Waals surface area contributed by atoms with Crippen LogP contribution in [0.25, 0.3) is 0 Å². The van der Waals surface area contributed by atoms with E-state index in [-0.39, 0.29) is 0 Å². The lowest BCUT2D eigenvalue weighted by Gasteiger charge is -2.23. The van der Waals surface area contributed by atoms with Gasteiger partial charge >= 0.3 is 42.8 Å². The summed E-state index contributed by atoms with van der Waals surface area (Å²) in [6.45, 7) is 8.72. The lowest BCUT2D eigenvalue weighted by atomic mass is 10.2. The highest BCUT2D eigenvalue weighted by atomic mass is 19.4. The number of hydrogen-bond donors (Lipinski definition) is 0. The zero-order valence-electron chi connectivity index (χ0n) is 21.4. The van der Waals surface area contributed by atoms with E-state index in [4.69, 9.17) is 0 Å². The zero-order valence-corrected chi connectivity index (χ0v) is 21.4. The third kappa shape index (κ3) is 17.1. The van der Waals surface area contributed by atoms with Crippen molar-refractivity contribution in [1.29, 1.82) is 0 Å². The van der Waals surface area contributed by atoms with Gasteiger partial charge in [-0.1, -0.05) is 27.7 Å². The van der Waals surface area contributed by atoms with E-state index in [1.165, 1.54) is 20.8 Å². The Morgan fingerprint density at radius 1 is 0.462 bits per heavy atom. The first-order valence-corrected chi connectivity index (χ1v) is 10.6. The van der Waals surface area contributed by atoms with Crippen LogP contribution >= 0.6 is 0 Å². The van der Waals surface area contributed by atoms with Gasteiger partial charge in [0.1, 0.15) is 0 Å². The molecule has 0 spiro atoms. The molecule has 1 unspecified atom stereocenters. The molecule has 0 bridgehead atoms. The molecule has 0 aromatic heterocycles. The van der Waals surface area contributed by atoms with Gasteiger partial charge in [0.2, 0.25) is 12.6 Å².